The molecule has 0 aliphatic rings. The van der Waals surface area contributed by atoms with Gasteiger partial charge in [-0.2, -0.15) is 12.6 Å². The molecule has 0 saturated heterocycles. The van der Waals surface area contributed by atoms with Crippen LogP contribution in [0, 0.1) is 0 Å². The Morgan fingerprint density at radius 2 is 2.00 bits per heavy atom. The molecule has 1 N–H and O–H groups in total. The van der Waals surface area contributed by atoms with Crippen molar-refractivity contribution in [3.05, 3.63) is 12.7 Å². The average Bonchev–Trinajstić information content (AvgIpc) is 1.73. The molecule has 0 radical (unpaired) electrons. The molecule has 0 aromatic rings. The highest BCUT2D eigenvalue weighted by Crippen LogP contribution is 1.54. The van der Waals surface area contributed by atoms with E-state index in [0.717, 1.165) is 6.08 Å². The number of carboxylic acid groups (broad SMARTS) is 1. The standard InChI is InChI=1S/C3H4O2.CH4S/c1-2-3(4)5;1-2/h2H,1H2,(H,4,5);2H,1H3. The van der Waals surface area contributed by atoms with Gasteiger partial charge < -0.3 is 5.11 Å². The lowest BCUT2D eigenvalue weighted by Crippen LogP contribution is -1.82. The maximum absolute atomic E-state index is 9.25. The summed E-state index contributed by atoms with van der Waals surface area (Å²) >= 11 is 3.53. The third-order valence-corrected chi connectivity index (χ3v) is 0.175. The Morgan fingerprint density at radius 1 is 1.86 bits per heavy atom. The van der Waals surface area contributed by atoms with Gasteiger partial charge in [-0.05, 0) is 6.26 Å². The van der Waals surface area contributed by atoms with Crippen molar-refractivity contribution in [3.63, 3.8) is 0 Å². The molecule has 0 unspecified atom stereocenters. The molecule has 0 fully saturated rings. The molecule has 0 aliphatic carbocycles. The first-order valence-electron chi connectivity index (χ1n) is 1.57. The zero-order valence-electron chi connectivity index (χ0n) is 4.09. The number of hydrogen-bond acceptors (Lipinski definition) is 2. The molecule has 0 amide bonds. The van der Waals surface area contributed by atoms with Crippen LogP contribution in [0.15, 0.2) is 12.7 Å². The Balaban J connectivity index is 0. The highest BCUT2D eigenvalue weighted by atomic mass is 32.1. The largest absolute Gasteiger partial charge is 0.478 e. The van der Waals surface area contributed by atoms with Crippen molar-refractivity contribution >= 4 is 18.6 Å². The monoisotopic (exact) mass is 120 g/mol. The third-order valence-electron chi connectivity index (χ3n) is 0.175. The maximum Gasteiger partial charge on any atom is 0.327 e. The average molecular weight is 120 g/mol. The molecule has 0 rings (SSSR count). The summed E-state index contributed by atoms with van der Waals surface area (Å²) in [6, 6.07) is 0. The lowest BCUT2D eigenvalue weighted by molar-refractivity contribution is -0.131. The van der Waals surface area contributed by atoms with Gasteiger partial charge in [0.05, 0.1) is 0 Å². The van der Waals surface area contributed by atoms with Gasteiger partial charge in [0.1, 0.15) is 0 Å². The highest BCUT2D eigenvalue weighted by Gasteiger charge is 1.73. The molecular weight excluding hydrogens is 112 g/mol. The van der Waals surface area contributed by atoms with Gasteiger partial charge in [0, 0.05) is 6.08 Å². The van der Waals surface area contributed by atoms with Crippen LogP contribution >= 0.6 is 12.6 Å². The molecule has 7 heavy (non-hydrogen) atoms. The summed E-state index contributed by atoms with van der Waals surface area (Å²) in [4.78, 5) is 9.25. The van der Waals surface area contributed by atoms with Crippen LogP contribution in [0.2, 0.25) is 0 Å². The maximum atomic E-state index is 9.25. The van der Waals surface area contributed by atoms with Crippen molar-refractivity contribution < 1.29 is 9.90 Å². The van der Waals surface area contributed by atoms with Crippen molar-refractivity contribution in [1.82, 2.24) is 0 Å². The topological polar surface area (TPSA) is 37.3 Å². The van der Waals surface area contributed by atoms with Crippen LogP contribution in [0.25, 0.3) is 0 Å². The second-order valence-corrected chi connectivity index (χ2v) is 0.542. The summed E-state index contributed by atoms with van der Waals surface area (Å²) in [6.07, 6.45) is 2.53. The van der Waals surface area contributed by atoms with Crippen molar-refractivity contribution in [2.75, 3.05) is 6.26 Å². The van der Waals surface area contributed by atoms with Crippen LogP contribution in [0.4, 0.5) is 0 Å². The Bertz CT molecular complexity index is 60.7. The van der Waals surface area contributed by atoms with E-state index < -0.39 is 5.97 Å². The molecular formula is C4H8O2S. The number of rotatable bonds is 1. The molecule has 3 heteroatoms. The number of hydrogen-bond donors (Lipinski definition) is 2. The molecule has 0 bridgehead atoms. The molecule has 0 atom stereocenters. The van der Waals surface area contributed by atoms with Gasteiger partial charge in [0.25, 0.3) is 0 Å². The number of carboxylic acids is 1. The van der Waals surface area contributed by atoms with Crippen molar-refractivity contribution in [1.29, 1.82) is 0 Å². The summed E-state index contributed by atoms with van der Waals surface area (Å²) in [6.45, 7) is 2.96. The van der Waals surface area contributed by atoms with Gasteiger partial charge in [0.15, 0.2) is 0 Å². The molecule has 0 heterocycles. The van der Waals surface area contributed by atoms with Crippen molar-refractivity contribution in [2.45, 2.75) is 0 Å². The van der Waals surface area contributed by atoms with Crippen LogP contribution in [0.1, 0.15) is 0 Å². The van der Waals surface area contributed by atoms with Gasteiger partial charge in [-0.25, -0.2) is 4.79 Å². The van der Waals surface area contributed by atoms with E-state index in [2.05, 4.69) is 19.2 Å². The van der Waals surface area contributed by atoms with E-state index in [-0.39, 0.29) is 0 Å². The van der Waals surface area contributed by atoms with Crippen molar-refractivity contribution in [3.8, 4) is 0 Å². The van der Waals surface area contributed by atoms with Crippen molar-refractivity contribution in [2.24, 2.45) is 0 Å². The van der Waals surface area contributed by atoms with E-state index in [0.29, 0.717) is 0 Å². The Labute approximate surface area is 48.3 Å². The van der Waals surface area contributed by atoms with E-state index in [1.165, 1.54) is 0 Å². The van der Waals surface area contributed by atoms with E-state index in [4.69, 9.17) is 5.11 Å². The second-order valence-electron chi connectivity index (χ2n) is 0.542. The van der Waals surface area contributed by atoms with E-state index >= 15 is 0 Å². The minimum atomic E-state index is -0.981. The summed E-state index contributed by atoms with van der Waals surface area (Å²) < 4.78 is 0. The first-order chi connectivity index (χ1) is 3.27. The summed E-state index contributed by atoms with van der Waals surface area (Å²) in [7, 11) is 0. The third kappa shape index (κ3) is 29.0. The zero-order chi connectivity index (χ0) is 6.28. The molecule has 0 aromatic carbocycles. The summed E-state index contributed by atoms with van der Waals surface area (Å²) in [5.74, 6) is -0.981. The van der Waals surface area contributed by atoms with E-state index in [1.54, 1.807) is 6.26 Å². The Kier molecular flexibility index (Phi) is 12.7. The minimum Gasteiger partial charge on any atom is -0.478 e. The number of carbonyl (C=O) groups is 1. The quantitative estimate of drug-likeness (QED) is 0.397. The zero-order valence-corrected chi connectivity index (χ0v) is 4.98. The summed E-state index contributed by atoms with van der Waals surface area (Å²) in [5, 5.41) is 7.60. The normalized spacial score (nSPS) is 5.43. The number of thiol groups is 1. The fraction of sp³-hybridized carbons (Fsp3) is 0.250. The molecule has 0 aromatic heterocycles. The molecule has 0 aliphatic heterocycles. The Hall–Kier alpha value is -0.440. The first kappa shape index (κ1) is 9.75. The van der Waals surface area contributed by atoms with Gasteiger partial charge in [-0.15, -0.1) is 0 Å². The number of aliphatic carboxylic acids is 1. The van der Waals surface area contributed by atoms with Crippen LogP contribution in [-0.2, 0) is 4.79 Å². The van der Waals surface area contributed by atoms with E-state index in [9.17, 15) is 4.79 Å². The van der Waals surface area contributed by atoms with Gasteiger partial charge >= 0.3 is 5.97 Å². The fourth-order valence-electron chi connectivity index (χ4n) is 0. The van der Waals surface area contributed by atoms with E-state index in [1.807, 2.05) is 0 Å². The van der Waals surface area contributed by atoms with Gasteiger partial charge in [-0.3, -0.25) is 0 Å². The van der Waals surface area contributed by atoms with Crippen LogP contribution in [0.5, 0.6) is 0 Å². The first-order valence-corrected chi connectivity index (χ1v) is 2.47. The second kappa shape index (κ2) is 9.12. The molecule has 2 nitrogen and oxygen atoms in total. The molecule has 42 valence electrons. The van der Waals surface area contributed by atoms with Gasteiger partial charge in [0.2, 0.25) is 0 Å². The van der Waals surface area contributed by atoms with Crippen LogP contribution < -0.4 is 0 Å². The predicted octanol–water partition coefficient (Wildman–Crippen LogP) is 0.803. The van der Waals surface area contributed by atoms with Crippen LogP contribution in [-0.4, -0.2) is 17.3 Å². The summed E-state index contributed by atoms with van der Waals surface area (Å²) in [5.41, 5.74) is 0. The highest BCUT2D eigenvalue weighted by molar-refractivity contribution is 7.79. The Morgan fingerprint density at radius 3 is 2.00 bits per heavy atom. The smallest absolute Gasteiger partial charge is 0.327 e. The lowest BCUT2D eigenvalue weighted by atomic mass is 10.7. The van der Waals surface area contributed by atoms with Gasteiger partial charge in [-0.1, -0.05) is 6.58 Å². The molecule has 0 spiro atoms. The van der Waals surface area contributed by atoms with Crippen LogP contribution in [0.3, 0.4) is 0 Å². The SMILES string of the molecule is C=CC(=O)O.CS. The lowest BCUT2D eigenvalue weighted by Gasteiger charge is -1.64. The predicted molar refractivity (Wildman–Crippen MR) is 32.7 cm³/mol. The molecule has 0 saturated carbocycles. The fourth-order valence-corrected chi connectivity index (χ4v) is 0. The minimum absolute atomic E-state index is 0.833.